The molecule has 6 heteroatoms. The van der Waals surface area contributed by atoms with E-state index in [-0.39, 0.29) is 17.2 Å². The first-order chi connectivity index (χ1) is 9.08. The number of hydrogen-bond acceptors (Lipinski definition) is 4. The molecule has 0 radical (unpaired) electrons. The molecular formula is C13H18N2O4. The van der Waals surface area contributed by atoms with Crippen LogP contribution in [0.15, 0.2) is 18.2 Å². The van der Waals surface area contributed by atoms with Crippen LogP contribution >= 0.6 is 0 Å². The molecule has 1 amide bonds. The van der Waals surface area contributed by atoms with Crippen molar-refractivity contribution in [2.45, 2.75) is 12.8 Å². The number of methoxy groups -OCH3 is 1. The molecule has 1 aromatic rings. The van der Waals surface area contributed by atoms with Crippen LogP contribution < -0.4 is 15.4 Å². The maximum Gasteiger partial charge on any atom is 0.339 e. The number of anilines is 1. The molecule has 0 atom stereocenters. The lowest BCUT2D eigenvalue weighted by Gasteiger charge is -2.09. The predicted molar refractivity (Wildman–Crippen MR) is 71.7 cm³/mol. The topological polar surface area (TPSA) is 87.7 Å². The van der Waals surface area contributed by atoms with E-state index in [1.165, 1.54) is 19.2 Å². The highest BCUT2D eigenvalue weighted by Crippen LogP contribution is 2.23. The van der Waals surface area contributed by atoms with Gasteiger partial charge in [-0.3, -0.25) is 4.79 Å². The average Bonchev–Trinajstić information content (AvgIpc) is 2.38. The first-order valence-electron chi connectivity index (χ1n) is 5.94. The largest absolute Gasteiger partial charge is 0.496 e. The van der Waals surface area contributed by atoms with Gasteiger partial charge in [-0.05, 0) is 32.1 Å². The highest BCUT2D eigenvalue weighted by atomic mass is 16.5. The van der Waals surface area contributed by atoms with Gasteiger partial charge in [0.2, 0.25) is 5.91 Å². The third kappa shape index (κ3) is 4.59. The quantitative estimate of drug-likeness (QED) is 0.648. The molecule has 3 N–H and O–H groups in total. The minimum absolute atomic E-state index is 0.0654. The summed E-state index contributed by atoms with van der Waals surface area (Å²) in [4.78, 5) is 22.5. The van der Waals surface area contributed by atoms with Crippen LogP contribution in [0.2, 0.25) is 0 Å². The van der Waals surface area contributed by atoms with E-state index in [9.17, 15) is 9.59 Å². The fraction of sp³-hybridized carbons (Fsp3) is 0.385. The second kappa shape index (κ2) is 7.38. The number of carbonyl (C=O) groups is 2. The lowest BCUT2D eigenvalue weighted by molar-refractivity contribution is -0.116. The normalized spacial score (nSPS) is 10.0. The number of amides is 1. The number of carboxylic acid groups (broad SMARTS) is 1. The second-order valence-electron chi connectivity index (χ2n) is 3.98. The molecule has 0 saturated carbocycles. The van der Waals surface area contributed by atoms with E-state index in [4.69, 9.17) is 9.84 Å². The Morgan fingerprint density at radius 1 is 1.37 bits per heavy atom. The number of rotatable bonds is 7. The van der Waals surface area contributed by atoms with E-state index >= 15 is 0 Å². The number of carboxylic acids is 1. The zero-order valence-corrected chi connectivity index (χ0v) is 11.0. The Kier molecular flexibility index (Phi) is 5.81. The van der Waals surface area contributed by atoms with Gasteiger partial charge >= 0.3 is 5.97 Å². The molecule has 1 rings (SSSR count). The predicted octanol–water partition coefficient (Wildman–Crippen LogP) is 1.33. The van der Waals surface area contributed by atoms with E-state index in [0.717, 1.165) is 13.0 Å². The van der Waals surface area contributed by atoms with Gasteiger partial charge in [0.15, 0.2) is 0 Å². The SMILES string of the molecule is CNCCCC(=O)Nc1ccc(C(=O)O)c(OC)c1. The summed E-state index contributed by atoms with van der Waals surface area (Å²) >= 11 is 0. The van der Waals surface area contributed by atoms with Crippen LogP contribution in [0.1, 0.15) is 23.2 Å². The highest BCUT2D eigenvalue weighted by Gasteiger charge is 2.12. The molecule has 0 spiro atoms. The molecular weight excluding hydrogens is 248 g/mol. The zero-order chi connectivity index (χ0) is 14.3. The number of benzene rings is 1. The summed E-state index contributed by atoms with van der Waals surface area (Å²) in [5.41, 5.74) is 0.590. The molecule has 0 heterocycles. The molecule has 0 aliphatic rings. The van der Waals surface area contributed by atoms with Crippen molar-refractivity contribution in [2.75, 3.05) is 26.0 Å². The minimum Gasteiger partial charge on any atom is -0.496 e. The maximum absolute atomic E-state index is 11.6. The summed E-state index contributed by atoms with van der Waals surface area (Å²) in [6.07, 6.45) is 1.15. The van der Waals surface area contributed by atoms with Crippen molar-refractivity contribution >= 4 is 17.6 Å². The van der Waals surface area contributed by atoms with Gasteiger partial charge in [-0.1, -0.05) is 0 Å². The Morgan fingerprint density at radius 3 is 2.68 bits per heavy atom. The van der Waals surface area contributed by atoms with Gasteiger partial charge in [-0.25, -0.2) is 4.79 Å². The number of ether oxygens (including phenoxy) is 1. The standard InChI is InChI=1S/C13H18N2O4/c1-14-7-3-4-12(16)15-9-5-6-10(13(17)18)11(8-9)19-2/h5-6,8,14H,3-4,7H2,1-2H3,(H,15,16)(H,17,18). The minimum atomic E-state index is -1.07. The van der Waals surface area contributed by atoms with E-state index in [0.29, 0.717) is 12.1 Å². The molecule has 19 heavy (non-hydrogen) atoms. The van der Waals surface area contributed by atoms with Gasteiger partial charge in [-0.15, -0.1) is 0 Å². The van der Waals surface area contributed by atoms with Gasteiger partial charge in [0.05, 0.1) is 7.11 Å². The van der Waals surface area contributed by atoms with Crippen molar-refractivity contribution in [1.82, 2.24) is 5.32 Å². The Labute approximate surface area is 111 Å². The zero-order valence-electron chi connectivity index (χ0n) is 11.0. The van der Waals surface area contributed by atoms with Crippen molar-refractivity contribution in [1.29, 1.82) is 0 Å². The monoisotopic (exact) mass is 266 g/mol. The van der Waals surface area contributed by atoms with Crippen molar-refractivity contribution < 1.29 is 19.4 Å². The van der Waals surface area contributed by atoms with Crippen molar-refractivity contribution in [2.24, 2.45) is 0 Å². The molecule has 0 fully saturated rings. The van der Waals surface area contributed by atoms with Gasteiger partial charge < -0.3 is 20.5 Å². The van der Waals surface area contributed by atoms with E-state index in [1.54, 1.807) is 6.07 Å². The first-order valence-corrected chi connectivity index (χ1v) is 5.94. The van der Waals surface area contributed by atoms with Crippen LogP contribution in [-0.2, 0) is 4.79 Å². The molecule has 0 unspecified atom stereocenters. The van der Waals surface area contributed by atoms with Crippen molar-refractivity contribution in [3.63, 3.8) is 0 Å². The number of nitrogens with one attached hydrogen (secondary N) is 2. The molecule has 0 aromatic heterocycles. The summed E-state index contributed by atoms with van der Waals surface area (Å²) in [5, 5.41) is 14.6. The summed E-state index contributed by atoms with van der Waals surface area (Å²) in [6.45, 7) is 0.773. The number of aromatic carboxylic acids is 1. The molecule has 104 valence electrons. The van der Waals surface area contributed by atoms with Crippen LogP contribution in [-0.4, -0.2) is 37.7 Å². The smallest absolute Gasteiger partial charge is 0.339 e. The molecule has 6 nitrogen and oxygen atoms in total. The van der Waals surface area contributed by atoms with Gasteiger partial charge in [-0.2, -0.15) is 0 Å². The van der Waals surface area contributed by atoms with Crippen molar-refractivity contribution in [3.8, 4) is 5.75 Å². The summed E-state index contributed by atoms with van der Waals surface area (Å²) in [5.74, 6) is -0.954. The fourth-order valence-corrected chi connectivity index (χ4v) is 1.59. The van der Waals surface area contributed by atoms with E-state index in [1.807, 2.05) is 7.05 Å². The van der Waals surface area contributed by atoms with Gasteiger partial charge in [0.25, 0.3) is 0 Å². The van der Waals surface area contributed by atoms with Crippen molar-refractivity contribution in [3.05, 3.63) is 23.8 Å². The highest BCUT2D eigenvalue weighted by molar-refractivity contribution is 5.94. The molecule has 0 saturated heterocycles. The van der Waals surface area contributed by atoms with Crippen LogP contribution in [0, 0.1) is 0 Å². The van der Waals surface area contributed by atoms with Crippen LogP contribution in [0.4, 0.5) is 5.69 Å². The number of hydrogen-bond donors (Lipinski definition) is 3. The average molecular weight is 266 g/mol. The van der Waals surface area contributed by atoms with Crippen LogP contribution in [0.3, 0.4) is 0 Å². The van der Waals surface area contributed by atoms with Gasteiger partial charge in [0.1, 0.15) is 11.3 Å². The summed E-state index contributed by atoms with van der Waals surface area (Å²) in [7, 11) is 3.22. The third-order valence-corrected chi connectivity index (χ3v) is 2.55. The van der Waals surface area contributed by atoms with Crippen LogP contribution in [0.25, 0.3) is 0 Å². The fourth-order valence-electron chi connectivity index (χ4n) is 1.59. The lowest BCUT2D eigenvalue weighted by Crippen LogP contribution is -2.15. The summed E-state index contributed by atoms with van der Waals surface area (Å²) < 4.78 is 4.99. The molecule has 0 aliphatic heterocycles. The Bertz CT molecular complexity index is 460. The third-order valence-electron chi connectivity index (χ3n) is 2.55. The number of carbonyl (C=O) groups excluding carboxylic acids is 1. The first kappa shape index (κ1) is 15.0. The molecule has 1 aromatic carbocycles. The van der Waals surface area contributed by atoms with Gasteiger partial charge in [0, 0.05) is 18.2 Å². The Hall–Kier alpha value is -2.08. The summed E-state index contributed by atoms with van der Waals surface area (Å²) in [6, 6.07) is 4.45. The molecule has 0 aliphatic carbocycles. The maximum atomic E-state index is 11.6. The Balaban J connectivity index is 2.69. The second-order valence-corrected chi connectivity index (χ2v) is 3.98. The lowest BCUT2D eigenvalue weighted by atomic mass is 10.1. The molecule has 0 bridgehead atoms. The van der Waals surface area contributed by atoms with E-state index in [2.05, 4.69) is 10.6 Å². The van der Waals surface area contributed by atoms with Crippen LogP contribution in [0.5, 0.6) is 5.75 Å². The Morgan fingerprint density at radius 2 is 2.11 bits per heavy atom. The van der Waals surface area contributed by atoms with E-state index < -0.39 is 5.97 Å².